The number of nitrogen functional groups attached to an aromatic ring is 1. The molecule has 3 heterocycles. The quantitative estimate of drug-likeness (QED) is 0.893. The fraction of sp³-hybridized carbons (Fsp3) is 0.357. The molecular weight excluding hydrogens is 252 g/mol. The van der Waals surface area contributed by atoms with Crippen LogP contribution in [0.1, 0.15) is 24.4 Å². The topological polar surface area (TPSA) is 83.8 Å². The molecule has 0 saturated carbocycles. The number of anilines is 2. The summed E-state index contributed by atoms with van der Waals surface area (Å²) >= 11 is 0. The van der Waals surface area contributed by atoms with E-state index in [2.05, 4.69) is 21.1 Å². The molecule has 0 aromatic carbocycles. The smallest absolute Gasteiger partial charge is 0.146 e. The lowest BCUT2D eigenvalue weighted by molar-refractivity contribution is 0.366. The average Bonchev–Trinajstić information content (AvgIpc) is 2.94. The van der Waals surface area contributed by atoms with Crippen molar-refractivity contribution in [1.82, 2.24) is 14.8 Å². The van der Waals surface area contributed by atoms with Gasteiger partial charge < -0.3 is 10.6 Å². The van der Waals surface area contributed by atoms with Gasteiger partial charge in [0, 0.05) is 25.5 Å². The second-order valence-corrected chi connectivity index (χ2v) is 4.93. The summed E-state index contributed by atoms with van der Waals surface area (Å²) in [5.41, 5.74) is 6.29. The van der Waals surface area contributed by atoms with Gasteiger partial charge in [-0.15, -0.1) is 0 Å². The lowest BCUT2D eigenvalue weighted by Crippen LogP contribution is -2.35. The van der Waals surface area contributed by atoms with Crippen molar-refractivity contribution in [1.29, 1.82) is 5.26 Å². The molecule has 0 aliphatic carbocycles. The number of hydrogen-bond acceptors (Lipinski definition) is 5. The first-order chi connectivity index (χ1) is 9.78. The monoisotopic (exact) mass is 268 g/mol. The molecular formula is C14H16N6. The van der Waals surface area contributed by atoms with Gasteiger partial charge >= 0.3 is 0 Å². The molecule has 0 spiro atoms. The van der Waals surface area contributed by atoms with E-state index < -0.39 is 0 Å². The van der Waals surface area contributed by atoms with E-state index in [0.717, 1.165) is 31.7 Å². The molecule has 0 unspecified atom stereocenters. The largest absolute Gasteiger partial charge is 0.382 e. The molecule has 102 valence electrons. The summed E-state index contributed by atoms with van der Waals surface area (Å²) in [5.74, 6) is 1.34. The molecule has 6 nitrogen and oxygen atoms in total. The normalized spacial score (nSPS) is 16.1. The molecule has 1 saturated heterocycles. The number of nitriles is 1. The first-order valence-electron chi connectivity index (χ1n) is 6.68. The van der Waals surface area contributed by atoms with Crippen molar-refractivity contribution < 1.29 is 0 Å². The molecule has 6 heteroatoms. The van der Waals surface area contributed by atoms with Gasteiger partial charge in [-0.2, -0.15) is 10.4 Å². The van der Waals surface area contributed by atoms with Gasteiger partial charge in [0.05, 0.1) is 11.6 Å². The highest BCUT2D eigenvalue weighted by Crippen LogP contribution is 2.26. The Labute approximate surface area is 117 Å². The van der Waals surface area contributed by atoms with Crippen LogP contribution in [0.25, 0.3) is 0 Å². The number of nitrogens with zero attached hydrogens (tertiary/aromatic N) is 5. The Kier molecular flexibility index (Phi) is 3.25. The molecule has 1 aliphatic heterocycles. The van der Waals surface area contributed by atoms with Crippen LogP contribution in [0.4, 0.5) is 11.6 Å². The lowest BCUT2D eigenvalue weighted by atomic mass is 10.0. The number of aromatic nitrogens is 3. The predicted octanol–water partition coefficient (Wildman–Crippen LogP) is 1.57. The van der Waals surface area contributed by atoms with Gasteiger partial charge in [0.2, 0.25) is 0 Å². The molecule has 3 rings (SSSR count). The second-order valence-electron chi connectivity index (χ2n) is 4.93. The predicted molar refractivity (Wildman–Crippen MR) is 76.1 cm³/mol. The van der Waals surface area contributed by atoms with Crippen molar-refractivity contribution in [2.45, 2.75) is 18.9 Å². The van der Waals surface area contributed by atoms with Crippen LogP contribution in [-0.4, -0.2) is 27.9 Å². The van der Waals surface area contributed by atoms with Crippen LogP contribution in [0.5, 0.6) is 0 Å². The summed E-state index contributed by atoms with van der Waals surface area (Å²) in [5, 5.41) is 13.4. The van der Waals surface area contributed by atoms with Crippen LogP contribution >= 0.6 is 0 Å². The highest BCUT2D eigenvalue weighted by molar-refractivity contribution is 5.53. The number of hydrogen-bond donors (Lipinski definition) is 1. The molecule has 1 aliphatic rings. The summed E-state index contributed by atoms with van der Waals surface area (Å²) in [4.78, 5) is 6.50. The van der Waals surface area contributed by atoms with E-state index in [1.54, 1.807) is 12.3 Å². The second kappa shape index (κ2) is 5.21. The van der Waals surface area contributed by atoms with E-state index in [0.29, 0.717) is 17.4 Å². The molecule has 2 aromatic rings. The Morgan fingerprint density at radius 3 is 2.75 bits per heavy atom. The van der Waals surface area contributed by atoms with E-state index in [9.17, 15) is 0 Å². The van der Waals surface area contributed by atoms with E-state index in [1.165, 1.54) is 0 Å². The summed E-state index contributed by atoms with van der Waals surface area (Å²) < 4.78 is 1.94. The van der Waals surface area contributed by atoms with E-state index >= 15 is 0 Å². The maximum absolute atomic E-state index is 9.14. The van der Waals surface area contributed by atoms with Gasteiger partial charge in [-0.1, -0.05) is 0 Å². The molecule has 0 bridgehead atoms. The van der Waals surface area contributed by atoms with Crippen molar-refractivity contribution in [2.75, 3.05) is 23.7 Å². The van der Waals surface area contributed by atoms with Gasteiger partial charge in [0.25, 0.3) is 0 Å². The Morgan fingerprint density at radius 1 is 1.30 bits per heavy atom. The minimum Gasteiger partial charge on any atom is -0.382 e. The zero-order chi connectivity index (χ0) is 13.9. The minimum absolute atomic E-state index is 0.373. The maximum atomic E-state index is 9.14. The highest BCUT2D eigenvalue weighted by Gasteiger charge is 2.23. The molecule has 0 atom stereocenters. The fourth-order valence-corrected chi connectivity index (χ4v) is 2.63. The van der Waals surface area contributed by atoms with Crippen LogP contribution < -0.4 is 10.6 Å². The summed E-state index contributed by atoms with van der Waals surface area (Å²) in [6.45, 7) is 1.74. The molecule has 2 aromatic heterocycles. The molecule has 1 fully saturated rings. The van der Waals surface area contributed by atoms with Gasteiger partial charge in [0.1, 0.15) is 17.7 Å². The molecule has 20 heavy (non-hydrogen) atoms. The molecule has 0 radical (unpaired) electrons. The van der Waals surface area contributed by atoms with Gasteiger partial charge in [0.15, 0.2) is 0 Å². The van der Waals surface area contributed by atoms with Crippen molar-refractivity contribution in [3.63, 3.8) is 0 Å². The standard InChI is InChI=1S/C14H16N6/c15-10-11-2-1-6-17-14(11)19-7-3-12(4-8-19)20-9-5-13(16)18-20/h1-2,5-6,9,12H,3-4,7-8H2,(H2,16,18). The van der Waals surface area contributed by atoms with E-state index in [-0.39, 0.29) is 0 Å². The number of rotatable bonds is 2. The summed E-state index contributed by atoms with van der Waals surface area (Å²) in [7, 11) is 0. The summed E-state index contributed by atoms with van der Waals surface area (Å²) in [6.07, 6.45) is 5.61. The Morgan fingerprint density at radius 2 is 2.10 bits per heavy atom. The lowest BCUT2D eigenvalue weighted by Gasteiger charge is -2.33. The van der Waals surface area contributed by atoms with E-state index in [4.69, 9.17) is 11.0 Å². The van der Waals surface area contributed by atoms with Crippen LogP contribution in [0.2, 0.25) is 0 Å². The van der Waals surface area contributed by atoms with Gasteiger partial charge in [-0.25, -0.2) is 4.98 Å². The van der Waals surface area contributed by atoms with Crippen molar-refractivity contribution in [2.24, 2.45) is 0 Å². The average molecular weight is 268 g/mol. The zero-order valence-electron chi connectivity index (χ0n) is 11.1. The third-order valence-electron chi connectivity index (χ3n) is 3.67. The summed E-state index contributed by atoms with van der Waals surface area (Å²) in [6, 6.07) is 7.99. The number of nitrogens with two attached hydrogens (primary N) is 1. The SMILES string of the molecule is N#Cc1cccnc1N1CCC(n2ccc(N)n2)CC1. The molecule has 0 amide bonds. The number of piperidine rings is 1. The van der Waals surface area contributed by atoms with Crippen molar-refractivity contribution in [3.05, 3.63) is 36.2 Å². The first-order valence-corrected chi connectivity index (χ1v) is 6.68. The molecule has 2 N–H and O–H groups in total. The van der Waals surface area contributed by atoms with Crippen LogP contribution in [0.3, 0.4) is 0 Å². The highest BCUT2D eigenvalue weighted by atomic mass is 15.3. The van der Waals surface area contributed by atoms with Crippen molar-refractivity contribution in [3.8, 4) is 6.07 Å². The number of pyridine rings is 1. The first kappa shape index (κ1) is 12.5. The Hall–Kier alpha value is -2.55. The van der Waals surface area contributed by atoms with Crippen LogP contribution in [-0.2, 0) is 0 Å². The van der Waals surface area contributed by atoms with Gasteiger partial charge in [-0.3, -0.25) is 4.68 Å². The Bertz CT molecular complexity index is 633. The third kappa shape index (κ3) is 2.30. The maximum Gasteiger partial charge on any atom is 0.146 e. The minimum atomic E-state index is 0.373. The third-order valence-corrected chi connectivity index (χ3v) is 3.67. The van der Waals surface area contributed by atoms with Crippen LogP contribution in [0.15, 0.2) is 30.6 Å². The fourth-order valence-electron chi connectivity index (χ4n) is 2.63. The Balaban J connectivity index is 1.71. The zero-order valence-corrected chi connectivity index (χ0v) is 11.1. The van der Waals surface area contributed by atoms with Crippen molar-refractivity contribution >= 4 is 11.6 Å². The van der Waals surface area contributed by atoms with E-state index in [1.807, 2.05) is 23.0 Å². The van der Waals surface area contributed by atoms with Crippen LogP contribution in [0, 0.1) is 11.3 Å². The van der Waals surface area contributed by atoms with Gasteiger partial charge in [-0.05, 0) is 31.0 Å².